The molecule has 0 aromatic carbocycles. The molecule has 21 heavy (non-hydrogen) atoms. The third-order valence-corrected chi connectivity index (χ3v) is 3.95. The predicted molar refractivity (Wildman–Crippen MR) is 67.4 cm³/mol. The molecule has 0 aromatic rings. The maximum absolute atomic E-state index is 12.6. The fourth-order valence-electron chi connectivity index (χ4n) is 2.88. The molecule has 2 fully saturated rings. The minimum atomic E-state index is -4.94. The zero-order valence-electron chi connectivity index (χ0n) is 12.1. The molecule has 0 bridgehead atoms. The zero-order chi connectivity index (χ0) is 15.8. The molecule has 0 spiro atoms. The molecule has 2 aliphatic heterocycles. The lowest BCUT2D eigenvalue weighted by atomic mass is 10.0. The molecule has 8 heteroatoms. The summed E-state index contributed by atoms with van der Waals surface area (Å²) in [6, 6.07) is -1.02. The summed E-state index contributed by atoms with van der Waals surface area (Å²) < 4.78 is 43.1. The Labute approximate surface area is 121 Å². The predicted octanol–water partition coefficient (Wildman–Crippen LogP) is 1.18. The van der Waals surface area contributed by atoms with Gasteiger partial charge in [-0.15, -0.1) is 0 Å². The molecular formula is C13H19F3N2O3. The van der Waals surface area contributed by atoms with Gasteiger partial charge < -0.3 is 14.5 Å². The molecule has 0 N–H and O–H groups in total. The number of halogens is 3. The van der Waals surface area contributed by atoms with E-state index in [1.807, 2.05) is 0 Å². The van der Waals surface area contributed by atoms with Crippen LogP contribution in [0.2, 0.25) is 0 Å². The van der Waals surface area contributed by atoms with Gasteiger partial charge in [0.2, 0.25) is 5.91 Å². The van der Waals surface area contributed by atoms with E-state index in [4.69, 9.17) is 4.74 Å². The number of morpholine rings is 1. The minimum Gasteiger partial charge on any atom is -0.377 e. The first-order valence-corrected chi connectivity index (χ1v) is 6.91. The fourth-order valence-corrected chi connectivity index (χ4v) is 2.88. The second-order valence-corrected chi connectivity index (χ2v) is 6.01. The Balaban J connectivity index is 2.16. The Morgan fingerprint density at radius 1 is 1.24 bits per heavy atom. The number of hydrogen-bond donors (Lipinski definition) is 0. The molecule has 0 aromatic heterocycles. The van der Waals surface area contributed by atoms with Crippen molar-refractivity contribution >= 4 is 11.8 Å². The van der Waals surface area contributed by atoms with Crippen LogP contribution in [-0.2, 0) is 14.3 Å². The van der Waals surface area contributed by atoms with Crippen molar-refractivity contribution in [1.82, 2.24) is 9.80 Å². The lowest BCUT2D eigenvalue weighted by Crippen LogP contribution is -2.60. The standard InChI is InChI=1S/C13H19F3N2O3/c1-12(2)8-21-7-6-18(12)10(19)9-4-3-5-17(9)11(20)13(14,15)16/h9H,3-8H2,1-2H3. The highest BCUT2D eigenvalue weighted by Crippen LogP contribution is 2.29. The molecule has 2 aliphatic rings. The monoisotopic (exact) mass is 308 g/mol. The molecule has 0 radical (unpaired) electrons. The van der Waals surface area contributed by atoms with Gasteiger partial charge in [-0.25, -0.2) is 0 Å². The van der Waals surface area contributed by atoms with Gasteiger partial charge in [0, 0.05) is 13.1 Å². The summed E-state index contributed by atoms with van der Waals surface area (Å²) in [5.74, 6) is -2.34. The number of likely N-dealkylation sites (tertiary alicyclic amines) is 1. The van der Waals surface area contributed by atoms with Crippen molar-refractivity contribution in [1.29, 1.82) is 0 Å². The lowest BCUT2D eigenvalue weighted by Gasteiger charge is -2.44. The third-order valence-electron chi connectivity index (χ3n) is 3.95. The number of carbonyl (C=O) groups is 2. The number of nitrogens with zero attached hydrogens (tertiary/aromatic N) is 2. The lowest BCUT2D eigenvalue weighted by molar-refractivity contribution is -0.188. The van der Waals surface area contributed by atoms with Crippen molar-refractivity contribution in [3.05, 3.63) is 0 Å². The van der Waals surface area contributed by atoms with E-state index in [-0.39, 0.29) is 13.0 Å². The quantitative estimate of drug-likeness (QED) is 0.731. The Morgan fingerprint density at radius 3 is 2.48 bits per heavy atom. The van der Waals surface area contributed by atoms with Crippen LogP contribution in [0.5, 0.6) is 0 Å². The van der Waals surface area contributed by atoms with Crippen LogP contribution in [0.25, 0.3) is 0 Å². The largest absolute Gasteiger partial charge is 0.471 e. The van der Waals surface area contributed by atoms with Gasteiger partial charge in [-0.1, -0.05) is 0 Å². The van der Waals surface area contributed by atoms with E-state index in [1.54, 1.807) is 13.8 Å². The molecule has 2 saturated heterocycles. The maximum Gasteiger partial charge on any atom is 0.471 e. The molecule has 0 saturated carbocycles. The second kappa shape index (κ2) is 5.47. The smallest absolute Gasteiger partial charge is 0.377 e. The second-order valence-electron chi connectivity index (χ2n) is 6.01. The van der Waals surface area contributed by atoms with E-state index < -0.39 is 29.6 Å². The highest BCUT2D eigenvalue weighted by Gasteiger charge is 2.49. The molecule has 120 valence electrons. The Bertz CT molecular complexity index is 437. The van der Waals surface area contributed by atoms with Gasteiger partial charge in [0.05, 0.1) is 18.8 Å². The van der Waals surface area contributed by atoms with Crippen LogP contribution in [0.1, 0.15) is 26.7 Å². The summed E-state index contributed by atoms with van der Waals surface area (Å²) in [5, 5.41) is 0. The molecule has 1 unspecified atom stereocenters. The molecule has 1 atom stereocenters. The Kier molecular flexibility index (Phi) is 4.19. The molecule has 2 amide bonds. The summed E-state index contributed by atoms with van der Waals surface area (Å²) in [5.41, 5.74) is -0.578. The van der Waals surface area contributed by atoms with E-state index in [2.05, 4.69) is 0 Å². The molecule has 0 aliphatic carbocycles. The van der Waals surface area contributed by atoms with Crippen molar-refractivity contribution in [2.75, 3.05) is 26.3 Å². The zero-order valence-corrected chi connectivity index (χ0v) is 12.1. The summed E-state index contributed by atoms with van der Waals surface area (Å²) >= 11 is 0. The van der Waals surface area contributed by atoms with E-state index >= 15 is 0 Å². The first-order chi connectivity index (χ1) is 9.64. The summed E-state index contributed by atoms with van der Waals surface area (Å²) in [4.78, 5) is 26.2. The molecule has 2 heterocycles. The van der Waals surface area contributed by atoms with Crippen LogP contribution in [0.3, 0.4) is 0 Å². The van der Waals surface area contributed by atoms with E-state index in [0.717, 1.165) is 0 Å². The van der Waals surface area contributed by atoms with Crippen molar-refractivity contribution in [3.63, 3.8) is 0 Å². The van der Waals surface area contributed by atoms with Crippen molar-refractivity contribution in [3.8, 4) is 0 Å². The van der Waals surface area contributed by atoms with Crippen LogP contribution in [0.4, 0.5) is 13.2 Å². The summed E-state index contributed by atoms with van der Waals surface area (Å²) in [6.45, 7) is 4.59. The van der Waals surface area contributed by atoms with Gasteiger partial charge in [-0.2, -0.15) is 13.2 Å². The van der Waals surface area contributed by atoms with Crippen LogP contribution < -0.4 is 0 Å². The highest BCUT2D eigenvalue weighted by molar-refractivity contribution is 5.90. The van der Waals surface area contributed by atoms with Crippen molar-refractivity contribution in [2.24, 2.45) is 0 Å². The molecule has 2 rings (SSSR count). The van der Waals surface area contributed by atoms with Gasteiger partial charge in [0.25, 0.3) is 0 Å². The van der Waals surface area contributed by atoms with Gasteiger partial charge >= 0.3 is 12.1 Å². The van der Waals surface area contributed by atoms with Gasteiger partial charge in [0.15, 0.2) is 0 Å². The first-order valence-electron chi connectivity index (χ1n) is 6.91. The van der Waals surface area contributed by atoms with Crippen LogP contribution in [-0.4, -0.2) is 65.7 Å². The van der Waals surface area contributed by atoms with Crippen LogP contribution in [0, 0.1) is 0 Å². The normalized spacial score (nSPS) is 26.0. The average Bonchev–Trinajstić information content (AvgIpc) is 2.84. The number of carbonyl (C=O) groups excluding carboxylic acids is 2. The molecular weight excluding hydrogens is 289 g/mol. The first kappa shape index (κ1) is 16.1. The van der Waals surface area contributed by atoms with Crippen LogP contribution >= 0.6 is 0 Å². The van der Waals surface area contributed by atoms with E-state index in [1.165, 1.54) is 4.90 Å². The number of hydrogen-bond acceptors (Lipinski definition) is 3. The van der Waals surface area contributed by atoms with Gasteiger partial charge in [0.1, 0.15) is 6.04 Å². The number of amides is 2. The van der Waals surface area contributed by atoms with E-state index in [0.29, 0.717) is 31.1 Å². The number of alkyl halides is 3. The Morgan fingerprint density at radius 2 is 1.90 bits per heavy atom. The maximum atomic E-state index is 12.6. The number of rotatable bonds is 1. The minimum absolute atomic E-state index is 0.0283. The summed E-state index contributed by atoms with van der Waals surface area (Å²) in [7, 11) is 0. The van der Waals surface area contributed by atoms with Crippen LogP contribution in [0.15, 0.2) is 0 Å². The highest BCUT2D eigenvalue weighted by atomic mass is 19.4. The average molecular weight is 308 g/mol. The Hall–Kier alpha value is -1.31. The SMILES string of the molecule is CC1(C)COCCN1C(=O)C1CCCN1C(=O)C(F)(F)F. The summed E-state index contributed by atoms with van der Waals surface area (Å²) in [6.07, 6.45) is -4.26. The third kappa shape index (κ3) is 3.14. The topological polar surface area (TPSA) is 49.9 Å². The number of ether oxygens (including phenoxy) is 1. The van der Waals surface area contributed by atoms with E-state index in [9.17, 15) is 22.8 Å². The van der Waals surface area contributed by atoms with Gasteiger partial charge in [-0.05, 0) is 26.7 Å². The fraction of sp³-hybridized carbons (Fsp3) is 0.846. The van der Waals surface area contributed by atoms with Crippen molar-refractivity contribution < 1.29 is 27.5 Å². The molecule has 5 nitrogen and oxygen atoms in total. The van der Waals surface area contributed by atoms with Gasteiger partial charge in [-0.3, -0.25) is 9.59 Å². The van der Waals surface area contributed by atoms with Crippen molar-refractivity contribution in [2.45, 2.75) is 44.4 Å².